The molecule has 2 aromatic rings. The zero-order valence-corrected chi connectivity index (χ0v) is 17.1. The van der Waals surface area contributed by atoms with Crippen LogP contribution in [0.5, 0.6) is 0 Å². The SMILES string of the molecule is C=C(NCC(=O)O)C(N)CS[Se]c1ccccc1C(=O)Nc1ccccc1. The second-order valence-corrected chi connectivity index (χ2v) is 9.75. The van der Waals surface area contributed by atoms with Gasteiger partial charge in [0.2, 0.25) is 0 Å². The van der Waals surface area contributed by atoms with Crippen molar-refractivity contribution in [2.45, 2.75) is 6.04 Å². The number of carbonyl (C=O) groups is 2. The Morgan fingerprint density at radius 1 is 1.15 bits per heavy atom. The summed E-state index contributed by atoms with van der Waals surface area (Å²) in [6, 6.07) is 16.5. The molecule has 0 aliphatic carbocycles. The van der Waals surface area contributed by atoms with Gasteiger partial charge in [-0.25, -0.2) is 0 Å². The fourth-order valence-electron chi connectivity index (χ4n) is 2.04. The van der Waals surface area contributed by atoms with Crippen molar-refractivity contribution in [1.29, 1.82) is 0 Å². The van der Waals surface area contributed by atoms with Crippen LogP contribution >= 0.6 is 10.2 Å². The van der Waals surface area contributed by atoms with Crippen molar-refractivity contribution in [2.24, 2.45) is 5.73 Å². The van der Waals surface area contributed by atoms with Crippen LogP contribution in [0.1, 0.15) is 10.4 Å². The van der Waals surface area contributed by atoms with Crippen LogP contribution in [0.15, 0.2) is 66.9 Å². The number of anilines is 1. The van der Waals surface area contributed by atoms with Crippen LogP contribution in [-0.4, -0.2) is 49.2 Å². The number of amides is 1. The fraction of sp³-hybridized carbons (Fsp3) is 0.158. The van der Waals surface area contributed by atoms with Crippen molar-refractivity contribution in [3.63, 3.8) is 0 Å². The van der Waals surface area contributed by atoms with E-state index in [-0.39, 0.29) is 32.3 Å². The van der Waals surface area contributed by atoms with Crippen molar-refractivity contribution >= 4 is 46.0 Å². The molecule has 1 unspecified atom stereocenters. The zero-order valence-electron chi connectivity index (χ0n) is 14.6. The van der Waals surface area contributed by atoms with Gasteiger partial charge in [-0.3, -0.25) is 0 Å². The third-order valence-corrected chi connectivity index (χ3v) is 7.74. The Balaban J connectivity index is 1.91. The maximum atomic E-state index is 12.6. The first-order valence-corrected chi connectivity index (χ1v) is 12.0. The predicted octanol–water partition coefficient (Wildman–Crippen LogP) is 1.43. The van der Waals surface area contributed by atoms with E-state index in [4.69, 9.17) is 10.8 Å². The molecular formula is C19H21N3O3SSe. The molecule has 6 nitrogen and oxygen atoms in total. The molecule has 0 aromatic heterocycles. The quantitative estimate of drug-likeness (QED) is 0.409. The Hall–Kier alpha value is -2.25. The molecule has 0 saturated carbocycles. The summed E-state index contributed by atoms with van der Waals surface area (Å²) < 4.78 is 0.972. The normalized spacial score (nSPS) is 11.4. The van der Waals surface area contributed by atoms with E-state index in [1.165, 1.54) is 0 Å². The number of carboxylic acid groups (broad SMARTS) is 1. The van der Waals surface area contributed by atoms with Crippen LogP contribution < -0.4 is 20.8 Å². The van der Waals surface area contributed by atoms with Gasteiger partial charge < -0.3 is 0 Å². The maximum absolute atomic E-state index is 12.6. The Bertz CT molecular complexity index is 802. The average Bonchev–Trinajstić information content (AvgIpc) is 2.67. The van der Waals surface area contributed by atoms with Crippen LogP contribution in [0, 0.1) is 0 Å². The molecule has 1 amide bonds. The number of carbonyl (C=O) groups excluding carboxylic acids is 1. The number of aliphatic carboxylic acids is 1. The Labute approximate surface area is 167 Å². The zero-order chi connectivity index (χ0) is 19.6. The molecule has 0 spiro atoms. The number of hydrogen-bond donors (Lipinski definition) is 4. The second-order valence-electron chi connectivity index (χ2n) is 5.56. The van der Waals surface area contributed by atoms with Crippen molar-refractivity contribution in [3.05, 3.63) is 72.4 Å². The fourth-order valence-corrected chi connectivity index (χ4v) is 6.29. The predicted molar refractivity (Wildman–Crippen MR) is 111 cm³/mol. The third kappa shape index (κ3) is 7.11. The van der Waals surface area contributed by atoms with E-state index in [0.29, 0.717) is 17.0 Å². The van der Waals surface area contributed by atoms with Crippen LogP contribution in [0.4, 0.5) is 5.69 Å². The first kappa shape index (κ1) is 21.1. The van der Waals surface area contributed by atoms with E-state index in [1.807, 2.05) is 54.6 Å². The van der Waals surface area contributed by atoms with E-state index >= 15 is 0 Å². The number of para-hydroxylation sites is 1. The summed E-state index contributed by atoms with van der Waals surface area (Å²) in [5.41, 5.74) is 7.91. The monoisotopic (exact) mass is 451 g/mol. The van der Waals surface area contributed by atoms with E-state index in [2.05, 4.69) is 17.2 Å². The number of nitrogens with two attached hydrogens (primary N) is 1. The van der Waals surface area contributed by atoms with Crippen LogP contribution in [0.25, 0.3) is 0 Å². The average molecular weight is 450 g/mol. The number of benzene rings is 2. The van der Waals surface area contributed by atoms with Gasteiger partial charge in [-0.1, -0.05) is 0 Å². The molecule has 0 fully saturated rings. The van der Waals surface area contributed by atoms with E-state index in [9.17, 15) is 9.59 Å². The van der Waals surface area contributed by atoms with Crippen LogP contribution in [-0.2, 0) is 4.79 Å². The minimum absolute atomic E-state index is 0.0185. The van der Waals surface area contributed by atoms with Gasteiger partial charge in [0.15, 0.2) is 0 Å². The molecule has 5 N–H and O–H groups in total. The van der Waals surface area contributed by atoms with Gasteiger partial charge in [-0.05, 0) is 0 Å². The van der Waals surface area contributed by atoms with E-state index < -0.39 is 5.97 Å². The summed E-state index contributed by atoms with van der Waals surface area (Å²) in [5.74, 6) is -0.519. The molecule has 2 aromatic carbocycles. The van der Waals surface area contributed by atoms with E-state index in [0.717, 1.165) is 10.1 Å². The molecule has 0 bridgehead atoms. The Morgan fingerprint density at radius 3 is 2.52 bits per heavy atom. The summed E-state index contributed by atoms with van der Waals surface area (Å²) >= 11 is -0.0185. The van der Waals surface area contributed by atoms with Gasteiger partial charge in [-0.15, -0.1) is 0 Å². The van der Waals surface area contributed by atoms with Crippen molar-refractivity contribution in [1.82, 2.24) is 5.32 Å². The molecule has 0 aliphatic rings. The number of carboxylic acids is 1. The Kier molecular flexibility index (Phi) is 8.41. The van der Waals surface area contributed by atoms with Crippen LogP contribution in [0.2, 0.25) is 0 Å². The molecule has 0 aliphatic heterocycles. The summed E-state index contributed by atoms with van der Waals surface area (Å²) in [4.78, 5) is 23.1. The topological polar surface area (TPSA) is 104 Å². The standard InChI is InChI=1S/C19H21N3O3SSe/c1-13(21-11-18(23)24)16(20)12-26-27-17-10-6-5-9-15(17)19(25)22-14-7-3-2-4-8-14/h2-10,16,21H,1,11-12,20H2,(H,22,25)(H,23,24). The third-order valence-electron chi connectivity index (χ3n) is 3.47. The number of nitrogens with one attached hydrogen (secondary N) is 2. The van der Waals surface area contributed by atoms with Gasteiger partial charge in [0.25, 0.3) is 0 Å². The summed E-state index contributed by atoms with van der Waals surface area (Å²) in [7, 11) is 1.62. The van der Waals surface area contributed by atoms with Crippen LogP contribution in [0.3, 0.4) is 0 Å². The van der Waals surface area contributed by atoms with Crippen molar-refractivity contribution in [2.75, 3.05) is 17.6 Å². The van der Waals surface area contributed by atoms with Gasteiger partial charge in [0, 0.05) is 0 Å². The molecule has 1 atom stereocenters. The molecule has 0 heterocycles. The molecular weight excluding hydrogens is 429 g/mol. The van der Waals surface area contributed by atoms with Gasteiger partial charge in [0.05, 0.1) is 0 Å². The summed E-state index contributed by atoms with van der Waals surface area (Å²) in [6.45, 7) is 3.57. The Morgan fingerprint density at radius 2 is 1.81 bits per heavy atom. The van der Waals surface area contributed by atoms with Gasteiger partial charge in [0.1, 0.15) is 0 Å². The van der Waals surface area contributed by atoms with Gasteiger partial charge >= 0.3 is 168 Å². The number of hydrogen-bond acceptors (Lipinski definition) is 5. The molecule has 2 rings (SSSR count). The molecule has 8 heteroatoms. The first-order chi connectivity index (χ1) is 13.0. The molecule has 0 saturated heterocycles. The molecule has 27 heavy (non-hydrogen) atoms. The first-order valence-electron chi connectivity index (χ1n) is 8.12. The number of rotatable bonds is 10. The minimum atomic E-state index is -0.960. The van der Waals surface area contributed by atoms with Crippen molar-refractivity contribution in [3.8, 4) is 0 Å². The van der Waals surface area contributed by atoms with E-state index in [1.54, 1.807) is 10.2 Å². The molecule has 0 radical (unpaired) electrons. The molecule has 142 valence electrons. The van der Waals surface area contributed by atoms with Crippen molar-refractivity contribution < 1.29 is 14.7 Å². The summed E-state index contributed by atoms with van der Waals surface area (Å²) in [6.07, 6.45) is 0. The van der Waals surface area contributed by atoms with Gasteiger partial charge in [-0.2, -0.15) is 0 Å². The summed E-state index contributed by atoms with van der Waals surface area (Å²) in [5, 5.41) is 14.3. The second kappa shape index (κ2) is 10.8.